The smallest absolute Gasteiger partial charge is 0.0459 e. The summed E-state index contributed by atoms with van der Waals surface area (Å²) in [5.41, 5.74) is 6.79. The summed E-state index contributed by atoms with van der Waals surface area (Å²) in [7, 11) is 0. The van der Waals surface area contributed by atoms with Crippen molar-refractivity contribution in [3.05, 3.63) is 30.1 Å². The van der Waals surface area contributed by atoms with Gasteiger partial charge in [-0.3, -0.25) is 4.98 Å². The van der Waals surface area contributed by atoms with Crippen LogP contribution in [0.4, 0.5) is 0 Å². The van der Waals surface area contributed by atoms with Gasteiger partial charge in [-0.2, -0.15) is 0 Å². The van der Waals surface area contributed by atoms with Gasteiger partial charge in [-0.25, -0.2) is 0 Å². The van der Waals surface area contributed by atoms with Gasteiger partial charge >= 0.3 is 0 Å². The normalized spacial score (nSPS) is 12.7. The maximum Gasteiger partial charge on any atom is 0.0459 e. The highest BCUT2D eigenvalue weighted by molar-refractivity contribution is 5.14. The third-order valence-electron chi connectivity index (χ3n) is 2.30. The molecule has 0 fully saturated rings. The number of pyridine rings is 1. The van der Waals surface area contributed by atoms with Crippen LogP contribution < -0.4 is 11.1 Å². The number of nitrogens with two attached hydrogens (primary N) is 1. The first kappa shape index (κ1) is 12.1. The first-order valence-electron chi connectivity index (χ1n) is 5.32. The van der Waals surface area contributed by atoms with Crippen LogP contribution in [0.25, 0.3) is 0 Å². The van der Waals surface area contributed by atoms with Gasteiger partial charge in [0.25, 0.3) is 0 Å². The lowest BCUT2D eigenvalue weighted by atomic mass is 10.1. The van der Waals surface area contributed by atoms with Crippen LogP contribution in [0.15, 0.2) is 24.5 Å². The number of aromatic nitrogens is 1. The molecule has 84 valence electrons. The van der Waals surface area contributed by atoms with Crippen LogP contribution in [0, 0.1) is 0 Å². The summed E-state index contributed by atoms with van der Waals surface area (Å²) in [6, 6.07) is 4.09. The summed E-state index contributed by atoms with van der Waals surface area (Å²) in [6.07, 6.45) is 5.38. The fraction of sp³-hybridized carbons (Fsp3) is 0.545. The largest absolute Gasteiger partial charge is 0.396 e. The maximum atomic E-state index is 8.64. The van der Waals surface area contributed by atoms with E-state index in [-0.39, 0.29) is 12.6 Å². The fourth-order valence-electron chi connectivity index (χ4n) is 1.43. The molecule has 0 aliphatic heterocycles. The van der Waals surface area contributed by atoms with Crippen molar-refractivity contribution in [3.8, 4) is 0 Å². The van der Waals surface area contributed by atoms with Gasteiger partial charge in [0.1, 0.15) is 0 Å². The lowest BCUT2D eigenvalue weighted by molar-refractivity contribution is 0.282. The number of unbranched alkanes of at least 4 members (excludes halogenated alkanes) is 1. The number of rotatable bonds is 7. The molecule has 1 atom stereocenters. The summed E-state index contributed by atoms with van der Waals surface area (Å²) in [5, 5.41) is 12.0. The van der Waals surface area contributed by atoms with Crippen LogP contribution in [-0.4, -0.2) is 29.8 Å². The highest BCUT2D eigenvalue weighted by Gasteiger charge is 2.07. The zero-order chi connectivity index (χ0) is 10.9. The Morgan fingerprint density at radius 2 is 2.33 bits per heavy atom. The molecule has 0 amide bonds. The summed E-state index contributed by atoms with van der Waals surface area (Å²) in [6.45, 7) is 1.68. The number of aliphatic hydroxyl groups is 1. The third kappa shape index (κ3) is 4.38. The molecule has 1 heterocycles. The van der Waals surface area contributed by atoms with Gasteiger partial charge in [0, 0.05) is 31.6 Å². The first-order valence-corrected chi connectivity index (χ1v) is 5.32. The van der Waals surface area contributed by atoms with Crippen molar-refractivity contribution in [1.29, 1.82) is 0 Å². The van der Waals surface area contributed by atoms with E-state index in [9.17, 15) is 0 Å². The van der Waals surface area contributed by atoms with E-state index >= 15 is 0 Å². The van der Waals surface area contributed by atoms with E-state index in [2.05, 4.69) is 10.3 Å². The minimum absolute atomic E-state index is 0.164. The monoisotopic (exact) mass is 209 g/mol. The Morgan fingerprint density at radius 3 is 2.93 bits per heavy atom. The molecule has 0 spiro atoms. The second-order valence-electron chi connectivity index (χ2n) is 3.46. The van der Waals surface area contributed by atoms with Crippen LogP contribution in [0.1, 0.15) is 24.4 Å². The van der Waals surface area contributed by atoms with E-state index in [1.54, 1.807) is 6.20 Å². The molecule has 4 nitrogen and oxygen atoms in total. The van der Waals surface area contributed by atoms with Crippen LogP contribution in [0.3, 0.4) is 0 Å². The van der Waals surface area contributed by atoms with E-state index in [0.717, 1.165) is 24.9 Å². The molecule has 0 aliphatic rings. The van der Waals surface area contributed by atoms with Crippen LogP contribution >= 0.6 is 0 Å². The number of aliphatic hydroxyl groups excluding tert-OH is 1. The van der Waals surface area contributed by atoms with Gasteiger partial charge < -0.3 is 16.2 Å². The molecule has 0 aliphatic carbocycles. The number of nitrogens with zero attached hydrogens (tertiary/aromatic N) is 1. The van der Waals surface area contributed by atoms with Gasteiger partial charge in [-0.1, -0.05) is 6.07 Å². The van der Waals surface area contributed by atoms with Crippen molar-refractivity contribution < 1.29 is 5.11 Å². The standard InChI is InChI=1S/C11H19N3O/c12-8-11(14-6-1-2-7-15)10-4-3-5-13-9-10/h3-5,9,11,14-15H,1-2,6-8,12H2. The molecular formula is C11H19N3O. The number of hydrogen-bond acceptors (Lipinski definition) is 4. The second-order valence-corrected chi connectivity index (χ2v) is 3.46. The molecule has 0 saturated heterocycles. The fourth-order valence-corrected chi connectivity index (χ4v) is 1.43. The molecule has 4 heteroatoms. The number of hydrogen-bond donors (Lipinski definition) is 3. The molecule has 1 unspecified atom stereocenters. The van der Waals surface area contributed by atoms with E-state index in [0.29, 0.717) is 6.54 Å². The lowest BCUT2D eigenvalue weighted by Crippen LogP contribution is -2.29. The molecule has 0 bridgehead atoms. The minimum Gasteiger partial charge on any atom is -0.396 e. The van der Waals surface area contributed by atoms with E-state index in [1.165, 1.54) is 0 Å². The highest BCUT2D eigenvalue weighted by Crippen LogP contribution is 2.09. The minimum atomic E-state index is 0.164. The van der Waals surface area contributed by atoms with E-state index < -0.39 is 0 Å². The molecule has 1 rings (SSSR count). The van der Waals surface area contributed by atoms with Gasteiger partial charge in [0.05, 0.1) is 0 Å². The Bertz CT molecular complexity index is 253. The third-order valence-corrected chi connectivity index (χ3v) is 2.30. The van der Waals surface area contributed by atoms with Gasteiger partial charge in [0.15, 0.2) is 0 Å². The van der Waals surface area contributed by atoms with Crippen LogP contribution in [0.5, 0.6) is 0 Å². The first-order chi connectivity index (χ1) is 7.38. The average molecular weight is 209 g/mol. The average Bonchev–Trinajstić information content (AvgIpc) is 2.30. The Kier molecular flexibility index (Phi) is 5.92. The summed E-state index contributed by atoms with van der Waals surface area (Å²) >= 11 is 0. The zero-order valence-corrected chi connectivity index (χ0v) is 8.89. The predicted molar refractivity (Wildman–Crippen MR) is 60.4 cm³/mol. The van der Waals surface area contributed by atoms with Crippen LogP contribution in [0.2, 0.25) is 0 Å². The second kappa shape index (κ2) is 7.34. The molecular weight excluding hydrogens is 190 g/mol. The molecule has 15 heavy (non-hydrogen) atoms. The molecule has 4 N–H and O–H groups in total. The zero-order valence-electron chi connectivity index (χ0n) is 8.89. The Balaban J connectivity index is 2.36. The topological polar surface area (TPSA) is 71.2 Å². The molecule has 0 saturated carbocycles. The van der Waals surface area contributed by atoms with Crippen LogP contribution in [-0.2, 0) is 0 Å². The Labute approximate surface area is 90.5 Å². The molecule has 0 aromatic carbocycles. The summed E-state index contributed by atoms with van der Waals surface area (Å²) in [4.78, 5) is 4.06. The quantitative estimate of drug-likeness (QED) is 0.570. The van der Waals surface area contributed by atoms with Crippen molar-refractivity contribution in [2.75, 3.05) is 19.7 Å². The SMILES string of the molecule is NCC(NCCCCO)c1cccnc1. The van der Waals surface area contributed by atoms with E-state index in [1.807, 2.05) is 18.3 Å². The Hall–Kier alpha value is -0.970. The predicted octanol–water partition coefficient (Wildman–Crippen LogP) is 0.443. The van der Waals surface area contributed by atoms with Crippen molar-refractivity contribution in [3.63, 3.8) is 0 Å². The molecule has 1 aromatic rings. The van der Waals surface area contributed by atoms with E-state index in [4.69, 9.17) is 10.8 Å². The van der Waals surface area contributed by atoms with Crippen molar-refractivity contribution in [2.24, 2.45) is 5.73 Å². The molecule has 1 aromatic heterocycles. The number of nitrogens with one attached hydrogen (secondary N) is 1. The van der Waals surface area contributed by atoms with Gasteiger partial charge in [-0.15, -0.1) is 0 Å². The lowest BCUT2D eigenvalue weighted by Gasteiger charge is -2.16. The van der Waals surface area contributed by atoms with Gasteiger partial charge in [-0.05, 0) is 31.0 Å². The Morgan fingerprint density at radius 1 is 1.47 bits per heavy atom. The van der Waals surface area contributed by atoms with Gasteiger partial charge in [0.2, 0.25) is 0 Å². The summed E-state index contributed by atoms with van der Waals surface area (Å²) in [5.74, 6) is 0. The summed E-state index contributed by atoms with van der Waals surface area (Å²) < 4.78 is 0. The highest BCUT2D eigenvalue weighted by atomic mass is 16.2. The van der Waals surface area contributed by atoms with Crippen molar-refractivity contribution >= 4 is 0 Å². The van der Waals surface area contributed by atoms with Crippen molar-refractivity contribution in [2.45, 2.75) is 18.9 Å². The molecule has 0 radical (unpaired) electrons. The van der Waals surface area contributed by atoms with Crippen molar-refractivity contribution in [1.82, 2.24) is 10.3 Å². The maximum absolute atomic E-state index is 8.64.